The fourth-order valence-electron chi connectivity index (χ4n) is 9.82. The second-order valence-electron chi connectivity index (χ2n) is 16.9. The highest BCUT2D eigenvalue weighted by atomic mass is 19.3. The Morgan fingerprint density at radius 1 is 0.967 bits per heavy atom. The zero-order chi connectivity index (χ0) is 41.8. The summed E-state index contributed by atoms with van der Waals surface area (Å²) in [6, 6.07) is 7.47. The van der Waals surface area contributed by atoms with Crippen molar-refractivity contribution < 1.29 is 37.1 Å². The van der Waals surface area contributed by atoms with E-state index in [9.17, 15) is 28.0 Å². The zero-order valence-corrected chi connectivity index (χ0v) is 33.5. The van der Waals surface area contributed by atoms with Crippen LogP contribution < -0.4 is 20.9 Å². The van der Waals surface area contributed by atoms with E-state index in [4.69, 9.17) is 14.1 Å². The van der Waals surface area contributed by atoms with E-state index < -0.39 is 23.9 Å². The first kappa shape index (κ1) is 39.4. The molecule has 4 aromatic heterocycles. The quantitative estimate of drug-likeness (QED) is 0.160. The minimum atomic E-state index is -2.87. The van der Waals surface area contributed by atoms with Gasteiger partial charge in [0.2, 0.25) is 17.7 Å². The van der Waals surface area contributed by atoms with E-state index in [1.165, 1.54) is 23.2 Å². The molecule has 4 aliphatic heterocycles. The number of nitrogens with zero attached hydrogens (tertiary/aromatic N) is 8. The lowest BCUT2D eigenvalue weighted by molar-refractivity contribution is -0.134. The van der Waals surface area contributed by atoms with Gasteiger partial charge in [0.05, 0.1) is 61.1 Å². The summed E-state index contributed by atoms with van der Waals surface area (Å²) in [5.41, 5.74) is 1.78. The van der Waals surface area contributed by atoms with Gasteiger partial charge in [0.25, 0.3) is 12.3 Å². The molecule has 61 heavy (non-hydrogen) atoms. The maximum atomic E-state index is 14.3. The molecule has 19 heteroatoms. The Morgan fingerprint density at radius 3 is 2.54 bits per heavy atom. The molecule has 1 aliphatic carbocycles. The third-order valence-electron chi connectivity index (χ3n) is 13.1. The van der Waals surface area contributed by atoms with E-state index in [0.717, 1.165) is 82.6 Å². The summed E-state index contributed by atoms with van der Waals surface area (Å²) in [4.78, 5) is 62.3. The molecule has 5 fully saturated rings. The largest absolute Gasteiger partial charge is 0.462 e. The summed E-state index contributed by atoms with van der Waals surface area (Å²) in [6.07, 6.45) is 8.54. The molecule has 3 unspecified atom stereocenters. The van der Waals surface area contributed by atoms with E-state index in [1.54, 1.807) is 16.9 Å². The van der Waals surface area contributed by atoms with Gasteiger partial charge < -0.3 is 29.6 Å². The molecule has 4 saturated heterocycles. The summed E-state index contributed by atoms with van der Waals surface area (Å²) >= 11 is 0. The van der Waals surface area contributed by atoms with E-state index in [1.807, 2.05) is 18.2 Å². The van der Waals surface area contributed by atoms with Crippen molar-refractivity contribution in [2.45, 2.75) is 75.5 Å². The number of halogens is 2. The van der Waals surface area contributed by atoms with Crippen LogP contribution in [0.2, 0.25) is 0 Å². The Balaban J connectivity index is 0.699. The number of furan rings is 1. The topological polar surface area (TPSA) is 184 Å². The number of piperazine rings is 1. The summed E-state index contributed by atoms with van der Waals surface area (Å²) < 4.78 is 43.2. The lowest BCUT2D eigenvalue weighted by Gasteiger charge is -2.38. The number of nitrogens with one attached hydrogen (secondary N) is 3. The van der Waals surface area contributed by atoms with Crippen LogP contribution in [0.15, 0.2) is 53.5 Å². The molecule has 10 rings (SSSR count). The Hall–Kier alpha value is -5.79. The van der Waals surface area contributed by atoms with Crippen LogP contribution in [0.5, 0.6) is 0 Å². The summed E-state index contributed by atoms with van der Waals surface area (Å²) in [5, 5.41) is 17.4. The number of para-hydroxylation sites is 1. The first-order valence-electron chi connectivity index (χ1n) is 21.1. The number of carbonyl (C=O) groups is 4. The third-order valence-corrected chi connectivity index (χ3v) is 13.1. The lowest BCUT2D eigenvalue weighted by atomic mass is 9.85. The number of fused-ring (bicyclic) bond motifs is 4. The highest BCUT2D eigenvalue weighted by Gasteiger charge is 2.40. The van der Waals surface area contributed by atoms with Crippen molar-refractivity contribution in [1.82, 2.24) is 39.5 Å². The van der Waals surface area contributed by atoms with Gasteiger partial charge in [-0.2, -0.15) is 10.2 Å². The van der Waals surface area contributed by atoms with Gasteiger partial charge in [-0.15, -0.1) is 0 Å². The number of aromatic nitrogens is 5. The van der Waals surface area contributed by atoms with Crippen LogP contribution in [0.4, 0.5) is 26.0 Å². The highest BCUT2D eigenvalue weighted by Crippen LogP contribution is 2.38. The average molecular weight is 840 g/mol. The van der Waals surface area contributed by atoms with Gasteiger partial charge in [-0.1, -0.05) is 12.1 Å². The predicted octanol–water partition coefficient (Wildman–Crippen LogP) is 4.35. The molecule has 5 aromatic rings. The van der Waals surface area contributed by atoms with Crippen molar-refractivity contribution in [1.29, 1.82) is 0 Å². The number of ether oxygens (including phenoxy) is 1. The van der Waals surface area contributed by atoms with Crippen molar-refractivity contribution in [2.24, 2.45) is 5.92 Å². The predicted molar refractivity (Wildman–Crippen MR) is 217 cm³/mol. The number of piperidine rings is 1. The molecule has 3 N–H and O–H groups in total. The number of alkyl halides is 2. The van der Waals surface area contributed by atoms with Crippen LogP contribution in [0.3, 0.4) is 0 Å². The first-order chi connectivity index (χ1) is 29.6. The van der Waals surface area contributed by atoms with Gasteiger partial charge in [0.1, 0.15) is 11.4 Å². The first-order valence-corrected chi connectivity index (χ1v) is 21.1. The zero-order valence-electron chi connectivity index (χ0n) is 33.5. The fraction of sp³-hybridized carbons (Fsp3) is 0.500. The van der Waals surface area contributed by atoms with Gasteiger partial charge in [-0.05, 0) is 56.6 Å². The van der Waals surface area contributed by atoms with E-state index in [-0.39, 0.29) is 60.1 Å². The summed E-state index contributed by atoms with van der Waals surface area (Å²) in [7, 11) is 0. The van der Waals surface area contributed by atoms with Crippen molar-refractivity contribution in [3.63, 3.8) is 0 Å². The Morgan fingerprint density at radius 2 is 1.79 bits per heavy atom. The number of hydrogen-bond acceptors (Lipinski definition) is 12. The van der Waals surface area contributed by atoms with E-state index in [0.29, 0.717) is 41.4 Å². The number of hydrogen-bond donors (Lipinski definition) is 3. The van der Waals surface area contributed by atoms with Crippen molar-refractivity contribution >= 4 is 57.4 Å². The molecule has 0 spiro atoms. The molecule has 2 bridgehead atoms. The highest BCUT2D eigenvalue weighted by molar-refractivity contribution is 6.08. The van der Waals surface area contributed by atoms with E-state index in [2.05, 4.69) is 40.8 Å². The fourth-order valence-corrected chi connectivity index (χ4v) is 9.82. The minimum Gasteiger partial charge on any atom is -0.462 e. The number of carbonyl (C=O) groups excluding carboxylic acids is 4. The molecule has 0 radical (unpaired) electrons. The van der Waals surface area contributed by atoms with Crippen LogP contribution in [-0.4, -0.2) is 122 Å². The molecule has 5 aliphatic rings. The number of rotatable bonds is 11. The number of benzene rings is 1. The molecule has 1 saturated carbocycles. The monoisotopic (exact) mass is 839 g/mol. The molecule has 320 valence electrons. The second-order valence-corrected chi connectivity index (χ2v) is 16.9. The lowest BCUT2D eigenvalue weighted by Crippen LogP contribution is -2.49. The normalized spacial score (nSPS) is 24.9. The van der Waals surface area contributed by atoms with Gasteiger partial charge in [-0.25, -0.2) is 18.3 Å². The van der Waals surface area contributed by atoms with Gasteiger partial charge in [0, 0.05) is 69.0 Å². The molecule has 1 aromatic carbocycles. The van der Waals surface area contributed by atoms with Crippen molar-refractivity contribution in [2.75, 3.05) is 68.0 Å². The SMILES string of the molecule is O=C1CCC(c2coc3c(NC(=O)CN4CCN(CC5CCC(n6cc(NC(=O)c7cnn8ccc(N9CC%10CC9CO%10)nc78)c(C(F)F)n6)CC5)CC4)cccc23)C(=O)N1. The standard InChI is InChI=1S/C42H47F2N11O6/c43-39(44)37-33(47-42(59)30-17-45-54-11-10-34(48-40(30)54)53-19-27-16-26(53)22-60-27)20-55(50-37)25-6-4-24(5-7-25)18-51-12-14-52(15-13-51)21-36(57)46-32-3-1-2-28-31(23-61-38(28)32)29-8-9-35(56)49-41(29)58/h1-3,10-11,17,20,23-27,29,39H,4-9,12-16,18-19,21-22H2,(H,46,57)(H,47,59)(H,49,56,58). The maximum absolute atomic E-state index is 14.3. The smallest absolute Gasteiger partial charge is 0.284 e. The van der Waals surface area contributed by atoms with E-state index >= 15 is 0 Å². The number of anilines is 3. The number of imide groups is 1. The van der Waals surface area contributed by atoms with Crippen LogP contribution in [0.25, 0.3) is 16.6 Å². The van der Waals surface area contributed by atoms with Crippen LogP contribution in [0, 0.1) is 5.92 Å². The molecular formula is C42H47F2N11O6. The van der Waals surface area contributed by atoms with Crippen LogP contribution in [0.1, 0.15) is 84.9 Å². The molecular weight excluding hydrogens is 793 g/mol. The Labute approximate surface area is 348 Å². The Bertz CT molecular complexity index is 2490. The maximum Gasteiger partial charge on any atom is 0.284 e. The molecule has 4 amide bonds. The average Bonchev–Trinajstić information content (AvgIpc) is 4.11. The van der Waals surface area contributed by atoms with Gasteiger partial charge in [-0.3, -0.25) is 34.1 Å². The van der Waals surface area contributed by atoms with Crippen molar-refractivity contribution in [3.05, 3.63) is 65.9 Å². The second kappa shape index (κ2) is 16.2. The summed E-state index contributed by atoms with van der Waals surface area (Å²) in [6.45, 7) is 5.67. The minimum absolute atomic E-state index is 0.0184. The Kier molecular flexibility index (Phi) is 10.5. The van der Waals surface area contributed by atoms with Crippen LogP contribution >= 0.6 is 0 Å². The van der Waals surface area contributed by atoms with Gasteiger partial charge >= 0.3 is 0 Å². The molecule has 3 atom stereocenters. The number of amides is 4. The van der Waals surface area contributed by atoms with Crippen LogP contribution in [-0.2, 0) is 19.1 Å². The third kappa shape index (κ3) is 7.85. The number of morpholine rings is 1. The van der Waals surface area contributed by atoms with Gasteiger partial charge in [0.15, 0.2) is 16.9 Å². The molecule has 17 nitrogen and oxygen atoms in total. The molecule has 8 heterocycles. The summed E-state index contributed by atoms with van der Waals surface area (Å²) in [5.74, 6) is -0.666. The van der Waals surface area contributed by atoms with Crippen molar-refractivity contribution in [3.8, 4) is 0 Å².